The monoisotopic (exact) mass is 265 g/mol. The molecular formula is C15H24FN3. The van der Waals surface area contributed by atoms with Gasteiger partial charge in [0.25, 0.3) is 0 Å². The number of rotatable bonds is 4. The highest BCUT2D eigenvalue weighted by Gasteiger charge is 2.36. The van der Waals surface area contributed by atoms with Crippen LogP contribution < -0.4 is 4.90 Å². The van der Waals surface area contributed by atoms with E-state index < -0.39 is 5.67 Å². The van der Waals surface area contributed by atoms with Gasteiger partial charge in [0, 0.05) is 18.8 Å². The van der Waals surface area contributed by atoms with Crippen molar-refractivity contribution < 1.29 is 4.39 Å². The lowest BCUT2D eigenvalue weighted by atomic mass is 9.94. The van der Waals surface area contributed by atoms with E-state index >= 15 is 0 Å². The molecule has 1 fully saturated rings. The lowest BCUT2D eigenvalue weighted by Crippen LogP contribution is -2.50. The molecule has 19 heavy (non-hydrogen) atoms. The second-order valence-electron chi connectivity index (χ2n) is 5.78. The lowest BCUT2D eigenvalue weighted by Gasteiger charge is -2.39. The van der Waals surface area contributed by atoms with Crippen LogP contribution in [0.15, 0.2) is 18.3 Å². The van der Waals surface area contributed by atoms with E-state index in [0.717, 1.165) is 30.8 Å². The first-order valence-corrected chi connectivity index (χ1v) is 7.06. The van der Waals surface area contributed by atoms with Gasteiger partial charge in [0.05, 0.1) is 18.4 Å². The average Bonchev–Trinajstić information content (AvgIpc) is 2.37. The molecule has 4 heteroatoms. The molecule has 1 atom stereocenters. The summed E-state index contributed by atoms with van der Waals surface area (Å²) in [6.07, 6.45) is 4.37. The Morgan fingerprint density at radius 1 is 1.42 bits per heavy atom. The minimum Gasteiger partial charge on any atom is -0.367 e. The minimum absolute atomic E-state index is 0.471. The molecule has 1 saturated heterocycles. The van der Waals surface area contributed by atoms with Crippen LogP contribution in [0.25, 0.3) is 0 Å². The number of hydrogen-bond acceptors (Lipinski definition) is 3. The van der Waals surface area contributed by atoms with E-state index in [1.54, 1.807) is 0 Å². The predicted octanol–water partition coefficient (Wildman–Crippen LogP) is 2.51. The summed E-state index contributed by atoms with van der Waals surface area (Å²) in [5.41, 5.74) is 1.02. The van der Waals surface area contributed by atoms with Crippen molar-refractivity contribution in [3.05, 3.63) is 24.0 Å². The molecule has 1 aliphatic rings. The Kier molecular flexibility index (Phi) is 4.40. The Morgan fingerprint density at radius 2 is 2.21 bits per heavy atom. The summed E-state index contributed by atoms with van der Waals surface area (Å²) in [6.45, 7) is 3.97. The molecular weight excluding hydrogens is 241 g/mol. The number of alkyl halides is 1. The molecule has 0 unspecified atom stereocenters. The Balaban J connectivity index is 2.07. The van der Waals surface area contributed by atoms with Crippen LogP contribution in [0.5, 0.6) is 0 Å². The summed E-state index contributed by atoms with van der Waals surface area (Å²) < 4.78 is 14.8. The Bertz CT molecular complexity index is 404. The summed E-state index contributed by atoms with van der Waals surface area (Å²) in [6, 6.07) is 4.10. The van der Waals surface area contributed by atoms with Gasteiger partial charge in [-0.3, -0.25) is 4.98 Å². The molecule has 0 aliphatic carbocycles. The number of pyridine rings is 1. The number of hydrogen-bond donors (Lipinski definition) is 0. The number of halogens is 1. The highest BCUT2D eigenvalue weighted by atomic mass is 19.1. The van der Waals surface area contributed by atoms with Gasteiger partial charge in [0.15, 0.2) is 0 Å². The third kappa shape index (κ3) is 3.66. The summed E-state index contributed by atoms with van der Waals surface area (Å²) >= 11 is 0. The maximum Gasteiger partial charge on any atom is 0.141 e. The smallest absolute Gasteiger partial charge is 0.141 e. The Morgan fingerprint density at radius 3 is 2.79 bits per heavy atom. The van der Waals surface area contributed by atoms with E-state index in [4.69, 9.17) is 0 Å². The molecule has 106 valence electrons. The molecule has 0 spiro atoms. The molecule has 1 aliphatic heterocycles. The Hall–Kier alpha value is -1.16. The SMILES string of the molecule is CCc1ccc(N2CCC[C@@](F)(CN(C)C)C2)cn1. The standard InChI is InChI=1S/C15H24FN3/c1-4-13-6-7-14(10-17-13)19-9-5-8-15(16,12-19)11-18(2)3/h6-7,10H,4-5,8-9,11-12H2,1-3H3/t15-/m1/s1. The fourth-order valence-electron chi connectivity index (χ4n) is 2.82. The third-order valence-corrected chi connectivity index (χ3v) is 3.66. The van der Waals surface area contributed by atoms with Gasteiger partial charge in [-0.25, -0.2) is 4.39 Å². The highest BCUT2D eigenvalue weighted by Crippen LogP contribution is 2.29. The van der Waals surface area contributed by atoms with Crippen molar-refractivity contribution in [1.29, 1.82) is 0 Å². The van der Waals surface area contributed by atoms with E-state index in [1.807, 2.05) is 31.3 Å². The molecule has 0 amide bonds. The van der Waals surface area contributed by atoms with Crippen LogP contribution in [-0.2, 0) is 6.42 Å². The molecule has 1 aromatic rings. The molecule has 0 N–H and O–H groups in total. The van der Waals surface area contributed by atoms with Crippen LogP contribution >= 0.6 is 0 Å². The van der Waals surface area contributed by atoms with Gasteiger partial charge in [0.1, 0.15) is 5.67 Å². The predicted molar refractivity (Wildman–Crippen MR) is 77.5 cm³/mol. The molecule has 0 radical (unpaired) electrons. The first-order valence-electron chi connectivity index (χ1n) is 7.06. The molecule has 0 bridgehead atoms. The van der Waals surface area contributed by atoms with Gasteiger partial charge < -0.3 is 9.80 Å². The number of aromatic nitrogens is 1. The second kappa shape index (κ2) is 5.87. The van der Waals surface area contributed by atoms with Crippen LogP contribution in [0.2, 0.25) is 0 Å². The summed E-state index contributed by atoms with van der Waals surface area (Å²) in [7, 11) is 3.86. The minimum atomic E-state index is -1.11. The maximum atomic E-state index is 14.8. The number of piperidine rings is 1. The highest BCUT2D eigenvalue weighted by molar-refractivity contribution is 5.45. The number of aryl methyl sites for hydroxylation is 1. The van der Waals surface area contributed by atoms with Crippen molar-refractivity contribution in [2.45, 2.75) is 31.9 Å². The van der Waals surface area contributed by atoms with Crippen molar-refractivity contribution in [2.24, 2.45) is 0 Å². The molecule has 2 rings (SSSR count). The largest absolute Gasteiger partial charge is 0.367 e. The molecule has 3 nitrogen and oxygen atoms in total. The zero-order valence-corrected chi connectivity index (χ0v) is 12.2. The van der Waals surface area contributed by atoms with Crippen LogP contribution in [0.4, 0.5) is 10.1 Å². The summed E-state index contributed by atoms with van der Waals surface area (Å²) in [5, 5.41) is 0. The van der Waals surface area contributed by atoms with Crippen molar-refractivity contribution in [1.82, 2.24) is 9.88 Å². The molecule has 0 saturated carbocycles. The van der Waals surface area contributed by atoms with Crippen LogP contribution in [-0.4, -0.2) is 49.3 Å². The number of nitrogens with zero attached hydrogens (tertiary/aromatic N) is 3. The van der Waals surface area contributed by atoms with Crippen LogP contribution in [0.3, 0.4) is 0 Å². The average molecular weight is 265 g/mol. The molecule has 0 aromatic carbocycles. The van der Waals surface area contributed by atoms with E-state index in [0.29, 0.717) is 19.5 Å². The van der Waals surface area contributed by atoms with Crippen molar-refractivity contribution in [2.75, 3.05) is 38.6 Å². The Labute approximate surface area is 115 Å². The summed E-state index contributed by atoms with van der Waals surface area (Å²) in [4.78, 5) is 8.46. The third-order valence-electron chi connectivity index (χ3n) is 3.66. The van der Waals surface area contributed by atoms with Gasteiger partial charge >= 0.3 is 0 Å². The van der Waals surface area contributed by atoms with Gasteiger partial charge in [0.2, 0.25) is 0 Å². The second-order valence-corrected chi connectivity index (χ2v) is 5.78. The van der Waals surface area contributed by atoms with Gasteiger partial charge in [-0.2, -0.15) is 0 Å². The first kappa shape index (κ1) is 14.3. The van der Waals surface area contributed by atoms with E-state index in [-0.39, 0.29) is 0 Å². The number of anilines is 1. The summed E-state index contributed by atoms with van der Waals surface area (Å²) in [5.74, 6) is 0. The van der Waals surface area contributed by atoms with Crippen LogP contribution in [0, 0.1) is 0 Å². The van der Waals surface area contributed by atoms with E-state index in [1.165, 1.54) is 0 Å². The quantitative estimate of drug-likeness (QED) is 0.834. The van der Waals surface area contributed by atoms with Gasteiger partial charge in [-0.15, -0.1) is 0 Å². The maximum absolute atomic E-state index is 14.8. The van der Waals surface area contributed by atoms with Crippen molar-refractivity contribution in [3.8, 4) is 0 Å². The zero-order valence-electron chi connectivity index (χ0n) is 12.2. The van der Waals surface area contributed by atoms with Gasteiger partial charge in [-0.1, -0.05) is 6.92 Å². The fraction of sp³-hybridized carbons (Fsp3) is 0.667. The molecule has 1 aromatic heterocycles. The van der Waals surface area contributed by atoms with E-state index in [2.05, 4.69) is 22.9 Å². The van der Waals surface area contributed by atoms with Gasteiger partial charge in [-0.05, 0) is 45.5 Å². The lowest BCUT2D eigenvalue weighted by molar-refractivity contribution is 0.0977. The fourth-order valence-corrected chi connectivity index (χ4v) is 2.82. The zero-order chi connectivity index (χ0) is 13.9. The normalized spacial score (nSPS) is 23.9. The topological polar surface area (TPSA) is 19.4 Å². The van der Waals surface area contributed by atoms with E-state index in [9.17, 15) is 4.39 Å². The van der Waals surface area contributed by atoms with Crippen LogP contribution in [0.1, 0.15) is 25.5 Å². The van der Waals surface area contributed by atoms with Crippen molar-refractivity contribution in [3.63, 3.8) is 0 Å². The first-order chi connectivity index (χ1) is 9.02. The van der Waals surface area contributed by atoms with Crippen molar-refractivity contribution >= 4 is 5.69 Å². The molecule has 2 heterocycles.